The van der Waals surface area contributed by atoms with Crippen molar-refractivity contribution in [1.82, 2.24) is 14.5 Å². The van der Waals surface area contributed by atoms with Crippen molar-refractivity contribution in [2.24, 2.45) is 7.05 Å². The highest BCUT2D eigenvalue weighted by atomic mass is 32.1. The Morgan fingerprint density at radius 1 is 1.23 bits per heavy atom. The number of nitrogens with one attached hydrogen (secondary N) is 1. The van der Waals surface area contributed by atoms with Crippen LogP contribution in [0.15, 0.2) is 23.1 Å². The fourth-order valence-corrected chi connectivity index (χ4v) is 4.46. The molecule has 0 unspecified atom stereocenters. The van der Waals surface area contributed by atoms with Crippen LogP contribution in [0.25, 0.3) is 10.3 Å². The van der Waals surface area contributed by atoms with Crippen LogP contribution in [0.3, 0.4) is 0 Å². The molecule has 31 heavy (non-hydrogen) atoms. The molecule has 1 fully saturated rings. The standard InChI is InChI=1S/C14H16N4OS.C8H9N3/c1-9-16-11-12(18-6-4-3-5-7-18)10(8-15)13(19)17(2)14(11)20-9;1-2-10-8-5-7(6-9)3-4-11-8/h3-7H2,1-2H3;3-5H,2H2,1H3,(H,10,11). The number of thiazole rings is 1. The van der Waals surface area contributed by atoms with E-state index in [4.69, 9.17) is 5.26 Å². The van der Waals surface area contributed by atoms with Crippen molar-refractivity contribution < 1.29 is 0 Å². The first-order valence-corrected chi connectivity index (χ1v) is 11.1. The van der Waals surface area contributed by atoms with E-state index in [2.05, 4.69) is 26.3 Å². The van der Waals surface area contributed by atoms with E-state index < -0.39 is 0 Å². The lowest BCUT2D eigenvalue weighted by molar-refractivity contribution is 0.578. The molecule has 8 nitrogen and oxygen atoms in total. The fraction of sp³-hybridized carbons (Fsp3) is 0.409. The molecule has 0 saturated carbocycles. The molecule has 4 heterocycles. The number of hydrogen-bond donors (Lipinski definition) is 1. The molecule has 4 rings (SSSR count). The van der Waals surface area contributed by atoms with Crippen LogP contribution in [0.5, 0.6) is 0 Å². The molecule has 0 aromatic carbocycles. The van der Waals surface area contributed by atoms with Gasteiger partial charge in [-0.15, -0.1) is 11.3 Å². The first-order chi connectivity index (χ1) is 15.0. The summed E-state index contributed by atoms with van der Waals surface area (Å²) in [4.78, 5) is 24.0. The number of fused-ring (bicyclic) bond motifs is 1. The molecular weight excluding hydrogens is 410 g/mol. The van der Waals surface area contributed by atoms with Gasteiger partial charge in [0.05, 0.1) is 22.3 Å². The van der Waals surface area contributed by atoms with Crippen LogP contribution in [-0.2, 0) is 7.05 Å². The second-order valence-corrected chi connectivity index (χ2v) is 8.39. The summed E-state index contributed by atoms with van der Waals surface area (Å²) < 4.78 is 1.55. The summed E-state index contributed by atoms with van der Waals surface area (Å²) in [7, 11) is 1.71. The Bertz CT molecular complexity index is 1210. The Hall–Kier alpha value is -3.43. The molecule has 160 valence electrons. The minimum atomic E-state index is -0.218. The lowest BCUT2D eigenvalue weighted by Crippen LogP contribution is -2.33. The molecule has 1 aliphatic rings. The molecule has 1 N–H and O–H groups in total. The van der Waals surface area contributed by atoms with Gasteiger partial charge >= 0.3 is 0 Å². The lowest BCUT2D eigenvalue weighted by Gasteiger charge is -2.29. The van der Waals surface area contributed by atoms with Crippen molar-refractivity contribution >= 4 is 33.2 Å². The first-order valence-electron chi connectivity index (χ1n) is 10.2. The van der Waals surface area contributed by atoms with E-state index >= 15 is 0 Å². The van der Waals surface area contributed by atoms with Crippen LogP contribution in [-0.4, -0.2) is 34.2 Å². The minimum Gasteiger partial charge on any atom is -0.370 e. The van der Waals surface area contributed by atoms with Gasteiger partial charge in [0.15, 0.2) is 0 Å². The highest BCUT2D eigenvalue weighted by Crippen LogP contribution is 2.32. The lowest BCUT2D eigenvalue weighted by atomic mass is 10.1. The van der Waals surface area contributed by atoms with Crippen molar-refractivity contribution in [3.05, 3.63) is 44.8 Å². The summed E-state index contributed by atoms with van der Waals surface area (Å²) >= 11 is 1.51. The van der Waals surface area contributed by atoms with Crippen molar-refractivity contribution in [3.63, 3.8) is 0 Å². The number of aromatic nitrogens is 3. The highest BCUT2D eigenvalue weighted by Gasteiger charge is 2.24. The van der Waals surface area contributed by atoms with Gasteiger partial charge in [0, 0.05) is 32.9 Å². The molecule has 0 bridgehead atoms. The van der Waals surface area contributed by atoms with Crippen molar-refractivity contribution in [3.8, 4) is 12.1 Å². The summed E-state index contributed by atoms with van der Waals surface area (Å²) in [5.74, 6) is 0.756. The third-order valence-electron chi connectivity index (χ3n) is 5.03. The largest absolute Gasteiger partial charge is 0.370 e. The fourth-order valence-electron chi connectivity index (χ4n) is 3.58. The van der Waals surface area contributed by atoms with Gasteiger partial charge in [0.2, 0.25) is 0 Å². The Labute approximate surface area is 185 Å². The van der Waals surface area contributed by atoms with Crippen LogP contribution >= 0.6 is 11.3 Å². The number of hydrogen-bond acceptors (Lipinski definition) is 8. The van der Waals surface area contributed by atoms with Gasteiger partial charge in [-0.2, -0.15) is 10.5 Å². The summed E-state index contributed by atoms with van der Waals surface area (Å²) in [6.07, 6.45) is 5.04. The van der Waals surface area contributed by atoms with E-state index in [0.29, 0.717) is 5.56 Å². The molecule has 0 atom stereocenters. The van der Waals surface area contributed by atoms with Crippen LogP contribution in [0, 0.1) is 29.6 Å². The van der Waals surface area contributed by atoms with Crippen LogP contribution < -0.4 is 15.8 Å². The first kappa shape index (κ1) is 22.3. The summed E-state index contributed by atoms with van der Waals surface area (Å²) in [6.45, 7) is 6.53. The number of aryl methyl sites for hydroxylation is 2. The van der Waals surface area contributed by atoms with Gasteiger partial charge in [0.25, 0.3) is 5.56 Å². The Morgan fingerprint density at radius 3 is 2.61 bits per heavy atom. The van der Waals surface area contributed by atoms with Crippen LogP contribution in [0.2, 0.25) is 0 Å². The number of piperidine rings is 1. The Balaban J connectivity index is 0.000000210. The molecule has 9 heteroatoms. The molecule has 1 aliphatic heterocycles. The molecule has 0 radical (unpaired) electrons. The smallest absolute Gasteiger partial charge is 0.271 e. The average Bonchev–Trinajstić information content (AvgIpc) is 3.19. The van der Waals surface area contributed by atoms with Gasteiger partial charge in [-0.05, 0) is 45.2 Å². The van der Waals surface area contributed by atoms with Gasteiger partial charge in [-0.3, -0.25) is 4.79 Å². The normalized spacial score (nSPS) is 13.1. The van der Waals surface area contributed by atoms with E-state index in [9.17, 15) is 10.1 Å². The molecule has 3 aromatic rings. The molecule has 0 spiro atoms. The predicted molar refractivity (Wildman–Crippen MR) is 123 cm³/mol. The van der Waals surface area contributed by atoms with E-state index in [1.54, 1.807) is 29.9 Å². The second kappa shape index (κ2) is 10.1. The third-order valence-corrected chi connectivity index (χ3v) is 6.08. The predicted octanol–water partition coefficient (Wildman–Crippen LogP) is 3.55. The van der Waals surface area contributed by atoms with E-state index in [1.807, 2.05) is 19.9 Å². The second-order valence-electron chi connectivity index (χ2n) is 7.21. The maximum Gasteiger partial charge on any atom is 0.271 e. The van der Waals surface area contributed by atoms with Crippen molar-refractivity contribution in [2.75, 3.05) is 29.9 Å². The maximum absolute atomic E-state index is 12.4. The molecule has 0 amide bonds. The monoisotopic (exact) mass is 435 g/mol. The quantitative estimate of drug-likeness (QED) is 0.670. The van der Waals surface area contributed by atoms with Crippen molar-refractivity contribution in [1.29, 1.82) is 10.5 Å². The maximum atomic E-state index is 12.4. The molecule has 0 aliphatic carbocycles. The zero-order valence-electron chi connectivity index (χ0n) is 18.0. The van der Waals surface area contributed by atoms with E-state index in [1.165, 1.54) is 17.8 Å². The van der Waals surface area contributed by atoms with Crippen LogP contribution in [0.4, 0.5) is 11.5 Å². The third kappa shape index (κ3) is 4.84. The number of anilines is 2. The topological polar surface area (TPSA) is 111 Å². The number of nitriles is 2. The summed E-state index contributed by atoms with van der Waals surface area (Å²) in [6, 6.07) is 7.55. The average molecular weight is 436 g/mol. The SMILES string of the molecule is CCNc1cc(C#N)ccn1.Cc1nc2c(N3CCCCC3)c(C#N)c(=O)n(C)c2s1. The number of nitrogens with zero attached hydrogens (tertiary/aromatic N) is 6. The summed E-state index contributed by atoms with van der Waals surface area (Å²) in [5.41, 5.74) is 2.19. The zero-order chi connectivity index (χ0) is 22.4. The van der Waals surface area contributed by atoms with E-state index in [0.717, 1.165) is 59.3 Å². The van der Waals surface area contributed by atoms with E-state index in [-0.39, 0.29) is 11.1 Å². The van der Waals surface area contributed by atoms with Gasteiger partial charge < -0.3 is 14.8 Å². The number of pyridine rings is 2. The van der Waals surface area contributed by atoms with Crippen LogP contribution in [0.1, 0.15) is 42.3 Å². The molecular formula is C22H25N7OS. The van der Waals surface area contributed by atoms with Gasteiger partial charge in [-0.25, -0.2) is 9.97 Å². The number of rotatable bonds is 3. The summed E-state index contributed by atoms with van der Waals surface area (Å²) in [5, 5.41) is 21.9. The zero-order valence-corrected chi connectivity index (χ0v) is 18.8. The van der Waals surface area contributed by atoms with Gasteiger partial charge in [-0.1, -0.05) is 0 Å². The molecule has 3 aromatic heterocycles. The Kier molecular flexibility index (Phi) is 7.22. The molecule has 1 saturated heterocycles. The van der Waals surface area contributed by atoms with Crippen molar-refractivity contribution in [2.45, 2.75) is 33.1 Å². The minimum absolute atomic E-state index is 0.218. The van der Waals surface area contributed by atoms with Gasteiger partial charge in [0.1, 0.15) is 27.8 Å². The highest BCUT2D eigenvalue weighted by molar-refractivity contribution is 7.18. The Morgan fingerprint density at radius 2 is 1.97 bits per heavy atom.